The molecular weight excluding hydrogens is 258 g/mol. The van der Waals surface area contributed by atoms with E-state index in [0.717, 1.165) is 6.42 Å². The van der Waals surface area contributed by atoms with Gasteiger partial charge in [0.25, 0.3) is 0 Å². The summed E-state index contributed by atoms with van der Waals surface area (Å²) in [6.07, 6.45) is 2.69. The average molecular weight is 285 g/mol. The highest BCUT2D eigenvalue weighted by atomic mass is 16.6. The first-order valence-electron chi connectivity index (χ1n) is 7.45. The maximum Gasteiger partial charge on any atom is 0.329 e. The fourth-order valence-electron chi connectivity index (χ4n) is 2.29. The predicted octanol–water partition coefficient (Wildman–Crippen LogP) is 2.14. The molecule has 0 unspecified atom stereocenters. The highest BCUT2D eigenvalue weighted by Gasteiger charge is 2.36. The van der Waals surface area contributed by atoms with Crippen molar-refractivity contribution in [2.24, 2.45) is 0 Å². The molecule has 5 heteroatoms. The maximum atomic E-state index is 12.2. The molecule has 0 radical (unpaired) electrons. The molecule has 0 aromatic rings. The minimum absolute atomic E-state index is 0.0260. The summed E-state index contributed by atoms with van der Waals surface area (Å²) in [6.45, 7) is 9.36. The zero-order valence-corrected chi connectivity index (χ0v) is 13.1. The van der Waals surface area contributed by atoms with Crippen LogP contribution in [0.2, 0.25) is 0 Å². The lowest BCUT2D eigenvalue weighted by molar-refractivity contribution is -0.163. The molecule has 116 valence electrons. The fraction of sp³-hybridized carbons (Fsp3) is 0.867. The summed E-state index contributed by atoms with van der Waals surface area (Å²) in [5.41, 5.74) is -0.511. The van der Waals surface area contributed by atoms with Gasteiger partial charge < -0.3 is 14.4 Å². The minimum Gasteiger partial charge on any atom is -0.458 e. The molecule has 1 saturated heterocycles. The highest BCUT2D eigenvalue weighted by Crippen LogP contribution is 2.22. The Morgan fingerprint density at radius 1 is 1.30 bits per heavy atom. The predicted molar refractivity (Wildman–Crippen MR) is 76.3 cm³/mol. The first-order valence-corrected chi connectivity index (χ1v) is 7.45. The number of rotatable bonds is 6. The third-order valence-corrected chi connectivity index (χ3v) is 3.14. The van der Waals surface area contributed by atoms with Crippen molar-refractivity contribution in [3.63, 3.8) is 0 Å². The van der Waals surface area contributed by atoms with Crippen LogP contribution in [-0.4, -0.2) is 48.2 Å². The molecule has 0 saturated carbocycles. The Hall–Kier alpha value is -1.10. The Morgan fingerprint density at radius 2 is 2.00 bits per heavy atom. The summed E-state index contributed by atoms with van der Waals surface area (Å²) in [5, 5.41) is 0. The Bertz CT molecular complexity index is 335. The third-order valence-electron chi connectivity index (χ3n) is 3.14. The molecule has 0 aromatic carbocycles. The van der Waals surface area contributed by atoms with E-state index in [1.165, 1.54) is 0 Å². The molecule has 20 heavy (non-hydrogen) atoms. The second-order valence-electron chi connectivity index (χ2n) is 6.08. The number of hydrogen-bond acceptors (Lipinski definition) is 4. The van der Waals surface area contributed by atoms with Crippen LogP contribution in [-0.2, 0) is 19.1 Å². The van der Waals surface area contributed by atoms with Gasteiger partial charge in [-0.05, 0) is 47.0 Å². The van der Waals surface area contributed by atoms with E-state index < -0.39 is 11.6 Å². The summed E-state index contributed by atoms with van der Waals surface area (Å²) >= 11 is 0. The second-order valence-corrected chi connectivity index (χ2v) is 6.08. The molecule has 0 aromatic heterocycles. The van der Waals surface area contributed by atoms with Crippen molar-refractivity contribution in [2.75, 3.05) is 19.8 Å². The van der Waals surface area contributed by atoms with E-state index in [1.54, 1.807) is 4.90 Å². The van der Waals surface area contributed by atoms with Crippen LogP contribution in [0.5, 0.6) is 0 Å². The van der Waals surface area contributed by atoms with Gasteiger partial charge in [-0.2, -0.15) is 0 Å². The Kier molecular flexibility index (Phi) is 6.46. The molecule has 1 fully saturated rings. The van der Waals surface area contributed by atoms with Crippen molar-refractivity contribution < 1.29 is 19.1 Å². The standard InChI is InChI=1S/C15H27NO4/c1-5-19-11-7-9-13(17)16-10-6-8-12(16)14(18)20-15(2,3)4/h12H,5-11H2,1-4H3/t12-/m0/s1. The van der Waals surface area contributed by atoms with Crippen LogP contribution in [0, 0.1) is 0 Å². The smallest absolute Gasteiger partial charge is 0.329 e. The van der Waals surface area contributed by atoms with Gasteiger partial charge in [0, 0.05) is 26.2 Å². The Morgan fingerprint density at radius 3 is 2.60 bits per heavy atom. The summed E-state index contributed by atoms with van der Waals surface area (Å²) in [7, 11) is 0. The normalized spacial score (nSPS) is 19.2. The largest absolute Gasteiger partial charge is 0.458 e. The molecule has 1 heterocycles. The first kappa shape index (κ1) is 17.0. The quantitative estimate of drug-likeness (QED) is 0.554. The first-order chi connectivity index (χ1) is 9.35. The zero-order chi connectivity index (χ0) is 15.2. The summed E-state index contributed by atoms with van der Waals surface area (Å²) < 4.78 is 10.6. The van der Waals surface area contributed by atoms with Crippen molar-refractivity contribution in [3.8, 4) is 0 Å². The number of nitrogens with zero attached hydrogens (tertiary/aromatic N) is 1. The van der Waals surface area contributed by atoms with Crippen LogP contribution in [0.4, 0.5) is 0 Å². The number of likely N-dealkylation sites (tertiary alicyclic amines) is 1. The maximum absolute atomic E-state index is 12.2. The van der Waals surface area contributed by atoms with E-state index in [0.29, 0.717) is 39.0 Å². The van der Waals surface area contributed by atoms with Crippen molar-refractivity contribution in [2.45, 2.75) is 65.0 Å². The Balaban J connectivity index is 2.47. The Labute approximate surface area is 121 Å². The SMILES string of the molecule is CCOCCCC(=O)N1CCC[C@H]1C(=O)OC(C)(C)C. The zero-order valence-electron chi connectivity index (χ0n) is 13.1. The van der Waals surface area contributed by atoms with Gasteiger partial charge in [0.1, 0.15) is 11.6 Å². The molecule has 5 nitrogen and oxygen atoms in total. The monoisotopic (exact) mass is 285 g/mol. The van der Waals surface area contributed by atoms with Gasteiger partial charge in [-0.15, -0.1) is 0 Å². The molecule has 0 spiro atoms. The summed E-state index contributed by atoms with van der Waals surface area (Å²) in [6, 6.07) is -0.409. The van der Waals surface area contributed by atoms with Gasteiger partial charge in [0.2, 0.25) is 5.91 Å². The van der Waals surface area contributed by atoms with Gasteiger partial charge in [0.05, 0.1) is 0 Å². The van der Waals surface area contributed by atoms with Crippen LogP contribution in [0.15, 0.2) is 0 Å². The van der Waals surface area contributed by atoms with Crippen molar-refractivity contribution in [3.05, 3.63) is 0 Å². The van der Waals surface area contributed by atoms with Crippen molar-refractivity contribution in [1.29, 1.82) is 0 Å². The van der Waals surface area contributed by atoms with Crippen LogP contribution in [0.1, 0.15) is 53.4 Å². The third kappa shape index (κ3) is 5.49. The number of ether oxygens (including phenoxy) is 2. The molecule has 0 bridgehead atoms. The van der Waals surface area contributed by atoms with Crippen LogP contribution < -0.4 is 0 Å². The molecule has 1 rings (SSSR count). The average Bonchev–Trinajstić information content (AvgIpc) is 2.81. The topological polar surface area (TPSA) is 55.8 Å². The van der Waals surface area contributed by atoms with E-state index in [1.807, 2.05) is 27.7 Å². The summed E-state index contributed by atoms with van der Waals surface area (Å²) in [5.74, 6) is -0.258. The van der Waals surface area contributed by atoms with Crippen molar-refractivity contribution in [1.82, 2.24) is 4.90 Å². The number of hydrogen-bond donors (Lipinski definition) is 0. The van der Waals surface area contributed by atoms with E-state index in [4.69, 9.17) is 9.47 Å². The van der Waals surface area contributed by atoms with Gasteiger partial charge in [-0.1, -0.05) is 0 Å². The minimum atomic E-state index is -0.511. The summed E-state index contributed by atoms with van der Waals surface area (Å²) in [4.78, 5) is 25.9. The molecule has 1 amide bonds. The lowest BCUT2D eigenvalue weighted by Crippen LogP contribution is -2.43. The van der Waals surface area contributed by atoms with Crippen LogP contribution >= 0.6 is 0 Å². The lowest BCUT2D eigenvalue weighted by atomic mass is 10.1. The van der Waals surface area contributed by atoms with E-state index in [2.05, 4.69) is 0 Å². The number of esters is 1. The highest BCUT2D eigenvalue weighted by molar-refractivity contribution is 5.85. The van der Waals surface area contributed by atoms with E-state index in [-0.39, 0.29) is 11.9 Å². The lowest BCUT2D eigenvalue weighted by Gasteiger charge is -2.27. The molecule has 0 aliphatic carbocycles. The van der Waals surface area contributed by atoms with E-state index in [9.17, 15) is 9.59 Å². The molecule has 0 N–H and O–H groups in total. The van der Waals surface area contributed by atoms with Crippen molar-refractivity contribution >= 4 is 11.9 Å². The molecule has 1 aliphatic rings. The molecule has 1 aliphatic heterocycles. The van der Waals surface area contributed by atoms with Crippen LogP contribution in [0.25, 0.3) is 0 Å². The second kappa shape index (κ2) is 7.62. The molecular formula is C15H27NO4. The fourth-order valence-corrected chi connectivity index (χ4v) is 2.29. The number of carbonyl (C=O) groups excluding carboxylic acids is 2. The van der Waals surface area contributed by atoms with E-state index >= 15 is 0 Å². The van der Waals surface area contributed by atoms with Gasteiger partial charge in [-0.3, -0.25) is 4.79 Å². The van der Waals surface area contributed by atoms with Gasteiger partial charge in [-0.25, -0.2) is 4.79 Å². The molecule has 1 atom stereocenters. The number of amides is 1. The van der Waals surface area contributed by atoms with Crippen LogP contribution in [0.3, 0.4) is 0 Å². The number of carbonyl (C=O) groups is 2. The van der Waals surface area contributed by atoms with Gasteiger partial charge in [0.15, 0.2) is 0 Å². The van der Waals surface area contributed by atoms with Gasteiger partial charge >= 0.3 is 5.97 Å².